The van der Waals surface area contributed by atoms with Gasteiger partial charge in [0.1, 0.15) is 10.7 Å². The highest BCUT2D eigenvalue weighted by molar-refractivity contribution is 7.80. The summed E-state index contributed by atoms with van der Waals surface area (Å²) in [5, 5.41) is 2.54. The molecule has 0 saturated carbocycles. The largest absolute Gasteiger partial charge is 0.493 e. The molecule has 1 amide bonds. The van der Waals surface area contributed by atoms with Gasteiger partial charge in [-0.1, -0.05) is 24.4 Å². The fourth-order valence-corrected chi connectivity index (χ4v) is 1.41. The summed E-state index contributed by atoms with van der Waals surface area (Å²) in [6.45, 7) is 2.26. The van der Waals surface area contributed by atoms with Crippen LogP contribution < -0.4 is 15.8 Å². The Labute approximate surface area is 106 Å². The van der Waals surface area contributed by atoms with Crippen molar-refractivity contribution < 1.29 is 9.53 Å². The SMILES string of the molecule is CNC(=O)CCOc1cc(C(N)=S)ccc1C. The van der Waals surface area contributed by atoms with Crippen LogP contribution in [0.4, 0.5) is 0 Å². The van der Waals surface area contributed by atoms with Gasteiger partial charge in [0.05, 0.1) is 13.0 Å². The lowest BCUT2D eigenvalue weighted by atomic mass is 10.1. The summed E-state index contributed by atoms with van der Waals surface area (Å²) >= 11 is 4.90. The summed E-state index contributed by atoms with van der Waals surface area (Å²) in [6.07, 6.45) is 0.327. The Balaban J connectivity index is 2.66. The molecule has 17 heavy (non-hydrogen) atoms. The highest BCUT2D eigenvalue weighted by atomic mass is 32.1. The summed E-state index contributed by atoms with van der Waals surface area (Å²) in [6, 6.07) is 5.54. The molecule has 0 radical (unpaired) electrons. The lowest BCUT2D eigenvalue weighted by molar-refractivity contribution is -0.121. The van der Waals surface area contributed by atoms with Gasteiger partial charge in [-0.3, -0.25) is 4.79 Å². The molecule has 0 saturated heterocycles. The van der Waals surface area contributed by atoms with Crippen molar-refractivity contribution >= 4 is 23.1 Å². The Morgan fingerprint density at radius 3 is 2.82 bits per heavy atom. The number of nitrogens with two attached hydrogens (primary N) is 1. The maximum Gasteiger partial charge on any atom is 0.223 e. The van der Waals surface area contributed by atoms with E-state index in [2.05, 4.69) is 5.32 Å². The van der Waals surface area contributed by atoms with Gasteiger partial charge in [0.2, 0.25) is 5.91 Å². The first-order valence-corrected chi connectivity index (χ1v) is 5.69. The minimum atomic E-state index is -0.0480. The van der Waals surface area contributed by atoms with Crippen LogP contribution in [0.25, 0.3) is 0 Å². The molecule has 5 heteroatoms. The molecule has 0 bridgehead atoms. The molecular weight excluding hydrogens is 236 g/mol. The molecule has 0 aliphatic rings. The number of ether oxygens (including phenoxy) is 1. The minimum absolute atomic E-state index is 0.0480. The summed E-state index contributed by atoms with van der Waals surface area (Å²) < 4.78 is 5.52. The first-order valence-electron chi connectivity index (χ1n) is 5.28. The highest BCUT2D eigenvalue weighted by Gasteiger charge is 2.04. The number of amides is 1. The predicted molar refractivity (Wildman–Crippen MR) is 71.2 cm³/mol. The number of benzene rings is 1. The van der Waals surface area contributed by atoms with E-state index in [1.54, 1.807) is 13.1 Å². The molecule has 0 atom stereocenters. The Kier molecular flexibility index (Phi) is 4.90. The number of aryl methyl sites for hydroxylation is 1. The van der Waals surface area contributed by atoms with Crippen LogP contribution in [-0.4, -0.2) is 24.6 Å². The summed E-state index contributed by atoms with van der Waals surface area (Å²) in [5.41, 5.74) is 7.30. The normalized spacial score (nSPS) is 9.76. The number of rotatable bonds is 5. The molecule has 0 aromatic heterocycles. The molecule has 0 unspecified atom stereocenters. The average molecular weight is 252 g/mol. The van der Waals surface area contributed by atoms with Gasteiger partial charge in [-0.05, 0) is 18.6 Å². The highest BCUT2D eigenvalue weighted by Crippen LogP contribution is 2.19. The third-order valence-electron chi connectivity index (χ3n) is 2.34. The van der Waals surface area contributed by atoms with Crippen LogP contribution >= 0.6 is 12.2 Å². The number of thiocarbonyl (C=S) groups is 1. The molecule has 4 nitrogen and oxygen atoms in total. The van der Waals surface area contributed by atoms with Gasteiger partial charge in [0.15, 0.2) is 0 Å². The fourth-order valence-electron chi connectivity index (χ4n) is 1.29. The van der Waals surface area contributed by atoms with Gasteiger partial charge >= 0.3 is 0 Å². The van der Waals surface area contributed by atoms with E-state index in [9.17, 15) is 4.79 Å². The summed E-state index contributed by atoms with van der Waals surface area (Å²) in [4.78, 5) is 11.4. The molecule has 0 aliphatic carbocycles. The first kappa shape index (κ1) is 13.4. The Morgan fingerprint density at radius 1 is 1.53 bits per heavy atom. The fraction of sp³-hybridized carbons (Fsp3) is 0.333. The maximum absolute atomic E-state index is 11.0. The van der Waals surface area contributed by atoms with Crippen LogP contribution in [0.1, 0.15) is 17.5 Å². The monoisotopic (exact) mass is 252 g/mol. The smallest absolute Gasteiger partial charge is 0.223 e. The van der Waals surface area contributed by atoms with Crippen LogP contribution in [0.15, 0.2) is 18.2 Å². The van der Waals surface area contributed by atoms with Gasteiger partial charge in [0, 0.05) is 12.6 Å². The molecule has 1 rings (SSSR count). The van der Waals surface area contributed by atoms with E-state index in [-0.39, 0.29) is 5.91 Å². The Bertz CT molecular complexity index is 433. The molecule has 0 spiro atoms. The van der Waals surface area contributed by atoms with E-state index in [0.717, 1.165) is 11.1 Å². The van der Waals surface area contributed by atoms with E-state index in [0.29, 0.717) is 23.8 Å². The van der Waals surface area contributed by atoms with Crippen LogP contribution in [0, 0.1) is 6.92 Å². The number of hydrogen-bond donors (Lipinski definition) is 2. The zero-order chi connectivity index (χ0) is 12.8. The third kappa shape index (κ3) is 4.03. The van der Waals surface area contributed by atoms with E-state index < -0.39 is 0 Å². The van der Waals surface area contributed by atoms with Gasteiger partial charge in [-0.25, -0.2) is 0 Å². The second kappa shape index (κ2) is 6.20. The average Bonchev–Trinajstić information content (AvgIpc) is 2.30. The number of hydrogen-bond acceptors (Lipinski definition) is 3. The second-order valence-electron chi connectivity index (χ2n) is 3.62. The lowest BCUT2D eigenvalue weighted by Crippen LogP contribution is -2.20. The van der Waals surface area contributed by atoms with Gasteiger partial charge in [-0.2, -0.15) is 0 Å². The molecular formula is C12H16N2O2S. The van der Waals surface area contributed by atoms with Gasteiger partial charge in [0.25, 0.3) is 0 Å². The van der Waals surface area contributed by atoms with Crippen molar-refractivity contribution in [3.63, 3.8) is 0 Å². The first-order chi connectivity index (χ1) is 8.04. The van der Waals surface area contributed by atoms with E-state index in [4.69, 9.17) is 22.7 Å². The van der Waals surface area contributed by atoms with Gasteiger partial charge in [-0.15, -0.1) is 0 Å². The number of carbonyl (C=O) groups excluding carboxylic acids is 1. The number of carbonyl (C=O) groups is 1. The van der Waals surface area contributed by atoms with Crippen molar-refractivity contribution in [2.75, 3.05) is 13.7 Å². The summed E-state index contributed by atoms with van der Waals surface area (Å²) in [5.74, 6) is 0.660. The molecule has 3 N–H and O–H groups in total. The third-order valence-corrected chi connectivity index (χ3v) is 2.57. The quantitative estimate of drug-likeness (QED) is 0.771. The van der Waals surface area contributed by atoms with E-state index in [1.807, 2.05) is 19.1 Å². The standard InChI is InChI=1S/C12H16N2O2S/c1-8-3-4-9(12(13)17)7-10(8)16-6-5-11(15)14-2/h3-4,7H,5-6H2,1-2H3,(H2,13,17)(H,14,15). The van der Waals surface area contributed by atoms with Crippen molar-refractivity contribution in [1.29, 1.82) is 0 Å². The van der Waals surface area contributed by atoms with Crippen molar-refractivity contribution in [2.45, 2.75) is 13.3 Å². The van der Waals surface area contributed by atoms with Gasteiger partial charge < -0.3 is 15.8 Å². The zero-order valence-electron chi connectivity index (χ0n) is 9.95. The molecule has 92 valence electrons. The lowest BCUT2D eigenvalue weighted by Gasteiger charge is -2.10. The predicted octanol–water partition coefficient (Wildman–Crippen LogP) is 1.14. The zero-order valence-corrected chi connectivity index (χ0v) is 10.8. The van der Waals surface area contributed by atoms with Crippen molar-refractivity contribution in [1.82, 2.24) is 5.32 Å². The minimum Gasteiger partial charge on any atom is -0.493 e. The van der Waals surface area contributed by atoms with Crippen LogP contribution in [0.3, 0.4) is 0 Å². The Morgan fingerprint density at radius 2 is 2.24 bits per heavy atom. The van der Waals surface area contributed by atoms with Crippen LogP contribution in [0.5, 0.6) is 5.75 Å². The maximum atomic E-state index is 11.0. The van der Waals surface area contributed by atoms with E-state index >= 15 is 0 Å². The molecule has 0 aliphatic heterocycles. The Hall–Kier alpha value is -1.62. The van der Waals surface area contributed by atoms with Crippen LogP contribution in [0.2, 0.25) is 0 Å². The molecule has 0 heterocycles. The summed E-state index contributed by atoms with van der Waals surface area (Å²) in [7, 11) is 1.60. The van der Waals surface area contributed by atoms with Crippen LogP contribution in [-0.2, 0) is 4.79 Å². The molecule has 0 fully saturated rings. The van der Waals surface area contributed by atoms with Crippen molar-refractivity contribution in [2.24, 2.45) is 5.73 Å². The number of nitrogens with one attached hydrogen (secondary N) is 1. The van der Waals surface area contributed by atoms with Crippen molar-refractivity contribution in [3.05, 3.63) is 29.3 Å². The topological polar surface area (TPSA) is 64.3 Å². The molecule has 1 aromatic carbocycles. The molecule has 1 aromatic rings. The van der Waals surface area contributed by atoms with E-state index in [1.165, 1.54) is 0 Å². The van der Waals surface area contributed by atoms with Crippen molar-refractivity contribution in [3.8, 4) is 5.75 Å². The second-order valence-corrected chi connectivity index (χ2v) is 4.06.